The summed E-state index contributed by atoms with van der Waals surface area (Å²) in [4.78, 5) is 223. The molecule has 1 aromatic rings. The maximum Gasteiger partial charge on any atom is 0.326 e. The minimum Gasteiger partial charge on any atom is -0.508 e. The number of nitrogens with zero attached hydrogens (tertiary/aromatic N) is 3. The molecule has 0 radical (unpaired) electrons. The van der Waals surface area contributed by atoms with Crippen LogP contribution in [0.1, 0.15) is 137 Å². The second kappa shape index (κ2) is 49.3. The number of carboxylic acid groups (broad SMARTS) is 1. The molecule has 0 aliphatic carbocycles. The lowest BCUT2D eigenvalue weighted by atomic mass is 10.00. The molecule has 15 amide bonds. The summed E-state index contributed by atoms with van der Waals surface area (Å²) in [7, 11) is 0. The van der Waals surface area contributed by atoms with Gasteiger partial charge in [-0.05, 0) is 139 Å². The SMILES string of the molecule is CSCC[C@H](N)C(=O)N[C@@H](Cc1ccc(O)cc1)C(=O)N[C@H](C(=O)N[C@@H](C)C(=O)N[C@@H](CC(C)C)C(=O)N[C@@H](CC(N)=O)C(=O)NCC(=O)N[C@@H](CCCCN)C(=O)NCC(=O)N[C@@H](C)C(=O)N1CCC[C@H]1C(=O)N[C@@H](CCCN=C(N)N)C(=O)N[C@@H](CCCN=C(N)N)C(=O)N[C@@H](CCC(N)=O)C(=O)O)C(C)C. The highest BCUT2D eigenvalue weighted by molar-refractivity contribution is 7.98. The number of likely N-dealkylation sites (tertiary alicyclic amines) is 1. The van der Waals surface area contributed by atoms with Gasteiger partial charge >= 0.3 is 5.97 Å². The molecule has 1 saturated heterocycles. The number of guanidine groups is 2. The van der Waals surface area contributed by atoms with Gasteiger partial charge in [-0.25, -0.2) is 4.79 Å². The van der Waals surface area contributed by atoms with Gasteiger partial charge in [0.25, 0.3) is 0 Å². The van der Waals surface area contributed by atoms with Gasteiger partial charge in [0, 0.05) is 32.5 Å². The van der Waals surface area contributed by atoms with Crippen molar-refractivity contribution in [3.63, 3.8) is 0 Å². The van der Waals surface area contributed by atoms with E-state index >= 15 is 0 Å². The van der Waals surface area contributed by atoms with Crippen molar-refractivity contribution in [2.45, 2.75) is 210 Å². The van der Waals surface area contributed by atoms with Gasteiger partial charge in [-0.15, -0.1) is 0 Å². The molecule has 42 heteroatoms. The first kappa shape index (κ1) is 94.4. The summed E-state index contributed by atoms with van der Waals surface area (Å²) in [5.74, 6) is -15.5. The monoisotopic (exact) mass is 1560 g/mol. The zero-order valence-corrected chi connectivity index (χ0v) is 63.6. The fourth-order valence-electron chi connectivity index (χ4n) is 11.0. The van der Waals surface area contributed by atoms with Gasteiger partial charge in [0.15, 0.2) is 11.9 Å². The van der Waals surface area contributed by atoms with Crippen molar-refractivity contribution in [1.29, 1.82) is 0 Å². The number of nitrogens with one attached hydrogen (secondary N) is 12. The van der Waals surface area contributed by atoms with E-state index in [2.05, 4.69) is 73.8 Å². The molecule has 12 atom stereocenters. The Kier molecular flexibility index (Phi) is 42.7. The maximum atomic E-state index is 14.1. The molecule has 1 heterocycles. The van der Waals surface area contributed by atoms with Crippen LogP contribution in [0.3, 0.4) is 0 Å². The standard InChI is InChI=1S/C67H113N23O18S/c1-34(2)29-45(86-54(96)36(5)81-63(105)53(35(3)4)89-61(103)46(30-38-17-19-39(91)20-18-38)87-55(97)40(69)23-28-109-7)60(102)88-47(31-50(71)93)57(99)79-33-52(95)82-41(13-8-9-24-68)56(98)78-32-51(94)80-37(6)64(106)90-27-12-16-48(90)62(104)84-43(15-11-26-77-67(74)75)58(100)83-42(14-10-25-76-66(72)73)59(101)85-44(65(107)108)21-22-49(70)92/h17-20,34-37,40-48,53,91H,8-16,21-33,68-69H2,1-7H3,(H2,70,92)(H2,71,93)(H,78,98)(H,79,99)(H,80,94)(H,81,105)(H,82,95)(H,83,100)(H,84,104)(H,85,101)(H,86,96)(H,87,97)(H,88,102)(H,89,103)(H,107,108)(H4,72,73,76)(H4,74,75,77)/t36-,37-,40-,41-,42-,43-,44-,45-,46-,47-,48-,53-/m0/s1. The molecule has 610 valence electrons. The number of aromatic hydroxyl groups is 1. The number of hydrogen-bond donors (Lipinski definition) is 22. The van der Waals surface area contributed by atoms with Crippen LogP contribution in [0.25, 0.3) is 0 Å². The number of rotatable bonds is 51. The molecule has 2 rings (SSSR count). The summed E-state index contributed by atoms with van der Waals surface area (Å²) >= 11 is 1.48. The normalized spacial score (nSPS) is 15.4. The lowest BCUT2D eigenvalue weighted by Crippen LogP contribution is -2.60. The number of aliphatic carboxylic acids is 1. The molecule has 0 aromatic heterocycles. The van der Waals surface area contributed by atoms with E-state index in [1.54, 1.807) is 39.8 Å². The molecule has 1 aliphatic rings. The number of carboxylic acids is 1. The van der Waals surface area contributed by atoms with E-state index in [-0.39, 0.29) is 114 Å². The number of nitrogens with two attached hydrogens (primary N) is 8. The first-order valence-corrected chi connectivity index (χ1v) is 37.2. The fourth-order valence-corrected chi connectivity index (χ4v) is 11.5. The van der Waals surface area contributed by atoms with Crippen molar-refractivity contribution in [3.8, 4) is 5.75 Å². The van der Waals surface area contributed by atoms with Gasteiger partial charge in [0.2, 0.25) is 88.6 Å². The lowest BCUT2D eigenvalue weighted by Gasteiger charge is -2.29. The van der Waals surface area contributed by atoms with Crippen LogP contribution < -0.4 is 110 Å². The van der Waals surface area contributed by atoms with E-state index in [0.717, 1.165) is 0 Å². The molecule has 1 fully saturated rings. The van der Waals surface area contributed by atoms with E-state index in [1.807, 2.05) is 6.26 Å². The highest BCUT2D eigenvalue weighted by Gasteiger charge is 2.40. The Bertz CT molecular complexity index is 3340. The topological polar surface area (TPSA) is 694 Å². The van der Waals surface area contributed by atoms with E-state index in [1.165, 1.54) is 42.6 Å². The van der Waals surface area contributed by atoms with Crippen LogP contribution in [0.5, 0.6) is 5.75 Å². The molecule has 1 aromatic carbocycles. The van der Waals surface area contributed by atoms with Gasteiger partial charge in [0.05, 0.1) is 25.6 Å². The third-order valence-corrected chi connectivity index (χ3v) is 17.5. The van der Waals surface area contributed by atoms with Crippen LogP contribution in [0.4, 0.5) is 0 Å². The van der Waals surface area contributed by atoms with Crippen molar-refractivity contribution >= 4 is 118 Å². The predicted octanol–water partition coefficient (Wildman–Crippen LogP) is -7.71. The van der Waals surface area contributed by atoms with E-state index < -0.39 is 199 Å². The third kappa shape index (κ3) is 36.7. The molecule has 41 nitrogen and oxygen atoms in total. The Hall–Kier alpha value is -10.6. The summed E-state index contributed by atoms with van der Waals surface area (Å²) < 4.78 is 0. The summed E-state index contributed by atoms with van der Waals surface area (Å²) in [5, 5.41) is 49.5. The summed E-state index contributed by atoms with van der Waals surface area (Å²) in [6.45, 7) is 7.97. The first-order valence-electron chi connectivity index (χ1n) is 35.8. The lowest BCUT2D eigenvalue weighted by molar-refractivity contribution is -0.143. The number of amides is 15. The Morgan fingerprint density at radius 2 is 1.04 bits per heavy atom. The number of carbonyl (C=O) groups is 16. The maximum absolute atomic E-state index is 14.1. The highest BCUT2D eigenvalue weighted by atomic mass is 32.2. The number of phenols is 1. The van der Waals surface area contributed by atoms with Gasteiger partial charge in [-0.3, -0.25) is 81.9 Å². The number of thioether (sulfide) groups is 1. The molecular weight excluding hydrogens is 1450 g/mol. The van der Waals surface area contributed by atoms with Crippen LogP contribution >= 0.6 is 11.8 Å². The molecule has 30 N–H and O–H groups in total. The summed E-state index contributed by atoms with van der Waals surface area (Å²) in [6, 6.07) is -10.3. The zero-order chi connectivity index (χ0) is 82.2. The minimum absolute atomic E-state index is 0.00353. The molecule has 0 saturated carbocycles. The minimum atomic E-state index is -1.73. The second-order valence-corrected chi connectivity index (χ2v) is 27.9. The van der Waals surface area contributed by atoms with Crippen molar-refractivity contribution in [2.75, 3.05) is 51.3 Å². The van der Waals surface area contributed by atoms with E-state index in [4.69, 9.17) is 45.9 Å². The second-order valence-electron chi connectivity index (χ2n) is 26.9. The third-order valence-electron chi connectivity index (χ3n) is 16.8. The predicted molar refractivity (Wildman–Crippen MR) is 401 cm³/mol. The Morgan fingerprint density at radius 3 is 1.57 bits per heavy atom. The van der Waals surface area contributed by atoms with Crippen molar-refractivity contribution in [2.24, 2.45) is 67.7 Å². The van der Waals surface area contributed by atoms with Crippen molar-refractivity contribution in [1.82, 2.24) is 68.7 Å². The van der Waals surface area contributed by atoms with Crippen LogP contribution in [0.15, 0.2) is 34.3 Å². The Balaban J connectivity index is 2.20. The Labute approximate surface area is 636 Å². The van der Waals surface area contributed by atoms with E-state index in [0.29, 0.717) is 30.6 Å². The average Bonchev–Trinajstić information content (AvgIpc) is 1.74. The number of carbonyl (C=O) groups excluding carboxylic acids is 15. The number of hydrogen-bond acceptors (Lipinski definition) is 22. The number of aliphatic imine (C=N–C) groups is 2. The largest absolute Gasteiger partial charge is 0.508 e. The fraction of sp³-hybridized carbons (Fsp3) is 0.642. The molecule has 0 spiro atoms. The van der Waals surface area contributed by atoms with Crippen LogP contribution in [-0.4, -0.2) is 245 Å². The molecule has 1 aliphatic heterocycles. The summed E-state index contributed by atoms with van der Waals surface area (Å²) in [5.41, 5.74) is 44.9. The van der Waals surface area contributed by atoms with Crippen LogP contribution in [0.2, 0.25) is 0 Å². The van der Waals surface area contributed by atoms with Crippen molar-refractivity contribution in [3.05, 3.63) is 29.8 Å². The number of phenolic OH excluding ortho intramolecular Hbond substituents is 1. The molecule has 109 heavy (non-hydrogen) atoms. The summed E-state index contributed by atoms with van der Waals surface area (Å²) in [6.07, 6.45) is 1.49. The Morgan fingerprint density at radius 1 is 0.532 bits per heavy atom. The van der Waals surface area contributed by atoms with Crippen LogP contribution in [0, 0.1) is 11.8 Å². The van der Waals surface area contributed by atoms with E-state index in [9.17, 15) is 86.9 Å². The number of benzene rings is 1. The van der Waals surface area contributed by atoms with Crippen LogP contribution in [-0.2, 0) is 83.1 Å². The number of unbranched alkanes of at least 4 members (excludes halogenated alkanes) is 1. The average molecular weight is 1560 g/mol. The van der Waals surface area contributed by atoms with Crippen molar-refractivity contribution < 1.29 is 86.9 Å². The van der Waals surface area contributed by atoms with Gasteiger partial charge < -0.3 is 125 Å². The smallest absolute Gasteiger partial charge is 0.326 e. The first-order chi connectivity index (χ1) is 51.3. The van der Waals surface area contributed by atoms with Gasteiger partial charge in [-0.2, -0.15) is 11.8 Å². The van der Waals surface area contributed by atoms with Gasteiger partial charge in [0.1, 0.15) is 72.2 Å². The highest BCUT2D eigenvalue weighted by Crippen LogP contribution is 2.20. The molecule has 0 bridgehead atoms. The zero-order valence-electron chi connectivity index (χ0n) is 62.7. The quantitative estimate of drug-likeness (QED) is 0.0164. The number of primary amides is 2. The van der Waals surface area contributed by atoms with Gasteiger partial charge in [-0.1, -0.05) is 39.8 Å². The molecule has 0 unspecified atom stereocenters. The molecular formula is C67H113N23O18S.